The van der Waals surface area contributed by atoms with Gasteiger partial charge in [-0.25, -0.2) is 15.0 Å². The molecule has 0 bridgehead atoms. The number of hydrogen-bond donors (Lipinski definition) is 0. The highest BCUT2D eigenvalue weighted by Crippen LogP contribution is 2.60. The van der Waals surface area contributed by atoms with Crippen molar-refractivity contribution in [2.24, 2.45) is 0 Å². The molecule has 2 aromatic heterocycles. The second kappa shape index (κ2) is 14.6. The molecule has 4 heteroatoms. The third kappa shape index (κ3) is 5.64. The van der Waals surface area contributed by atoms with E-state index in [0.29, 0.717) is 17.5 Å². The normalized spacial score (nSPS) is 15.4. The highest BCUT2D eigenvalue weighted by molar-refractivity contribution is 6.09. The average Bonchev–Trinajstić information content (AvgIpc) is 3.85. The van der Waals surface area contributed by atoms with Gasteiger partial charge < -0.3 is 4.57 Å². The molecule has 0 amide bonds. The number of hydrogen-bond acceptors (Lipinski definition) is 3. The van der Waals surface area contributed by atoms with Gasteiger partial charge in [-0.05, 0) is 75.7 Å². The molecule has 0 saturated heterocycles. The van der Waals surface area contributed by atoms with Gasteiger partial charge in [0.15, 0.2) is 17.5 Å². The molecule has 0 saturated carbocycles. The van der Waals surface area contributed by atoms with Gasteiger partial charge >= 0.3 is 0 Å². The van der Waals surface area contributed by atoms with Crippen molar-refractivity contribution in [1.82, 2.24) is 19.5 Å². The first-order valence-electron chi connectivity index (χ1n) is 21.4. The van der Waals surface area contributed by atoms with Gasteiger partial charge in [-0.15, -0.1) is 0 Å². The van der Waals surface area contributed by atoms with Crippen molar-refractivity contribution in [3.63, 3.8) is 0 Å². The Bertz CT molecular complexity index is 3250. The molecule has 8 aromatic carbocycles. The van der Waals surface area contributed by atoms with Crippen LogP contribution in [0.4, 0.5) is 0 Å². The first-order chi connectivity index (χ1) is 30.8. The maximum atomic E-state index is 5.40. The fourth-order valence-corrected chi connectivity index (χ4v) is 10.3. The largest absolute Gasteiger partial charge is 0.309 e. The molecule has 292 valence electrons. The molecule has 0 aliphatic heterocycles. The van der Waals surface area contributed by atoms with E-state index in [2.05, 4.69) is 193 Å². The van der Waals surface area contributed by atoms with E-state index in [1.807, 2.05) is 36.4 Å². The quantitative estimate of drug-likeness (QED) is 0.161. The monoisotopic (exact) mass is 792 g/mol. The van der Waals surface area contributed by atoms with E-state index in [1.54, 1.807) is 0 Å². The van der Waals surface area contributed by atoms with E-state index in [1.165, 1.54) is 60.8 Å². The molecular formula is C58H40N4. The van der Waals surface area contributed by atoms with Crippen molar-refractivity contribution in [3.8, 4) is 28.5 Å². The fourth-order valence-electron chi connectivity index (χ4n) is 10.3. The van der Waals surface area contributed by atoms with Gasteiger partial charge in [0.05, 0.1) is 16.4 Å². The predicted molar refractivity (Wildman–Crippen MR) is 253 cm³/mol. The molecule has 0 N–H and O–H groups in total. The summed E-state index contributed by atoms with van der Waals surface area (Å²) in [6, 6.07) is 78.4. The molecule has 2 heterocycles. The molecule has 12 rings (SSSR count). The number of rotatable bonds is 7. The predicted octanol–water partition coefficient (Wildman–Crippen LogP) is 13.7. The van der Waals surface area contributed by atoms with Gasteiger partial charge in [-0.2, -0.15) is 0 Å². The van der Waals surface area contributed by atoms with E-state index in [9.17, 15) is 0 Å². The van der Waals surface area contributed by atoms with Crippen LogP contribution < -0.4 is 0 Å². The van der Waals surface area contributed by atoms with Crippen LogP contribution in [0.25, 0.3) is 61.4 Å². The number of para-hydroxylation sites is 2. The summed E-state index contributed by atoms with van der Waals surface area (Å²) in [5.74, 6) is 1.90. The Morgan fingerprint density at radius 3 is 1.61 bits per heavy atom. The standard InChI is InChI=1S/C58H40N4/c1-6-20-39(21-7-1)55-59-56(40-22-8-2-9-23-40)61-57(60-55)50-37-49-45-30-16-18-32-51(45)58(42-24-10-3-11-25-42,43-26-12-4-13-27-43)52(49)38-48(50)41-34-35-47-46-31-17-19-33-53(46)62(54(47)36-41)44-28-14-5-15-29-44/h1-37,48H,38H2. The van der Waals surface area contributed by atoms with Gasteiger partial charge in [0.25, 0.3) is 0 Å². The van der Waals surface area contributed by atoms with E-state index in [0.717, 1.165) is 28.8 Å². The molecule has 2 aliphatic carbocycles. The van der Waals surface area contributed by atoms with Gasteiger partial charge in [0.1, 0.15) is 0 Å². The Hall–Kier alpha value is -7.95. The first kappa shape index (κ1) is 35.9. The highest BCUT2D eigenvalue weighted by Gasteiger charge is 2.49. The molecule has 0 fully saturated rings. The zero-order valence-electron chi connectivity index (χ0n) is 33.9. The second-order valence-corrected chi connectivity index (χ2v) is 16.3. The SMILES string of the molecule is C1=C(c2nc(-c3ccccc3)nc(-c3ccccc3)n2)C(c2ccc3c4ccccc4n(-c4ccccc4)c3c2)CC2=C1c1ccccc1C2(c1ccccc1)c1ccccc1. The zero-order chi connectivity index (χ0) is 41.0. The van der Waals surface area contributed by atoms with Crippen LogP contribution >= 0.6 is 0 Å². The minimum absolute atomic E-state index is 0.101. The number of allylic oxidation sites excluding steroid dienone is 4. The number of fused-ring (bicyclic) bond motifs is 5. The smallest absolute Gasteiger partial charge is 0.164 e. The zero-order valence-corrected chi connectivity index (χ0v) is 33.9. The lowest BCUT2D eigenvalue weighted by atomic mass is 9.63. The summed E-state index contributed by atoms with van der Waals surface area (Å²) < 4.78 is 2.42. The van der Waals surface area contributed by atoms with Gasteiger partial charge in [0, 0.05) is 39.1 Å². The Labute approximate surface area is 360 Å². The van der Waals surface area contributed by atoms with Crippen molar-refractivity contribution in [2.45, 2.75) is 17.8 Å². The van der Waals surface area contributed by atoms with Gasteiger partial charge in [-0.1, -0.05) is 194 Å². The lowest BCUT2D eigenvalue weighted by Gasteiger charge is -2.38. The Morgan fingerprint density at radius 2 is 0.968 bits per heavy atom. The van der Waals surface area contributed by atoms with Crippen LogP contribution in [0.1, 0.15) is 46.0 Å². The van der Waals surface area contributed by atoms with Crippen LogP contribution in [0.5, 0.6) is 0 Å². The van der Waals surface area contributed by atoms with Crippen molar-refractivity contribution >= 4 is 33.0 Å². The molecule has 0 spiro atoms. The third-order valence-electron chi connectivity index (χ3n) is 13.0. The Morgan fingerprint density at radius 1 is 0.452 bits per heavy atom. The van der Waals surface area contributed by atoms with Crippen LogP contribution in [-0.4, -0.2) is 19.5 Å². The van der Waals surface area contributed by atoms with Crippen LogP contribution in [0.2, 0.25) is 0 Å². The first-order valence-corrected chi connectivity index (χ1v) is 21.4. The maximum Gasteiger partial charge on any atom is 0.164 e. The minimum atomic E-state index is -0.513. The Kier molecular flexibility index (Phi) is 8.49. The van der Waals surface area contributed by atoms with Crippen molar-refractivity contribution in [1.29, 1.82) is 0 Å². The molecule has 1 unspecified atom stereocenters. The molecule has 2 aliphatic rings. The average molecular weight is 793 g/mol. The summed E-state index contributed by atoms with van der Waals surface area (Å²) in [4.78, 5) is 15.9. The summed E-state index contributed by atoms with van der Waals surface area (Å²) >= 11 is 0. The van der Waals surface area contributed by atoms with E-state index >= 15 is 0 Å². The molecule has 62 heavy (non-hydrogen) atoms. The molecular weight excluding hydrogens is 753 g/mol. The molecule has 4 nitrogen and oxygen atoms in total. The second-order valence-electron chi connectivity index (χ2n) is 16.3. The summed E-state index contributed by atoms with van der Waals surface area (Å²) in [6.07, 6.45) is 3.18. The lowest BCUT2D eigenvalue weighted by molar-refractivity contribution is 0.670. The van der Waals surface area contributed by atoms with Crippen LogP contribution in [0.3, 0.4) is 0 Å². The van der Waals surface area contributed by atoms with Crippen molar-refractivity contribution < 1.29 is 0 Å². The van der Waals surface area contributed by atoms with Gasteiger partial charge in [0.2, 0.25) is 0 Å². The number of aromatic nitrogens is 4. The number of nitrogens with zero attached hydrogens (tertiary/aromatic N) is 4. The summed E-state index contributed by atoms with van der Waals surface area (Å²) in [5, 5.41) is 2.46. The summed E-state index contributed by atoms with van der Waals surface area (Å²) in [6.45, 7) is 0. The summed E-state index contributed by atoms with van der Waals surface area (Å²) in [7, 11) is 0. The molecule has 1 atom stereocenters. The van der Waals surface area contributed by atoms with Gasteiger partial charge in [-0.3, -0.25) is 0 Å². The minimum Gasteiger partial charge on any atom is -0.309 e. The topological polar surface area (TPSA) is 43.6 Å². The number of benzene rings is 8. The van der Waals surface area contributed by atoms with Crippen molar-refractivity contribution in [2.75, 3.05) is 0 Å². The van der Waals surface area contributed by atoms with E-state index in [4.69, 9.17) is 15.0 Å². The Balaban J connectivity index is 1.16. The lowest BCUT2D eigenvalue weighted by Crippen LogP contribution is -2.31. The van der Waals surface area contributed by atoms with Crippen LogP contribution in [0, 0.1) is 0 Å². The fraction of sp³-hybridized carbons (Fsp3) is 0.0517. The van der Waals surface area contributed by atoms with Crippen LogP contribution in [0.15, 0.2) is 230 Å². The summed E-state index contributed by atoms with van der Waals surface area (Å²) in [5.41, 5.74) is 14.9. The van der Waals surface area contributed by atoms with E-state index in [-0.39, 0.29) is 5.92 Å². The third-order valence-corrected chi connectivity index (χ3v) is 13.0. The molecule has 10 aromatic rings. The van der Waals surface area contributed by atoms with E-state index < -0.39 is 5.41 Å². The maximum absolute atomic E-state index is 5.40. The highest BCUT2D eigenvalue weighted by atomic mass is 15.0. The van der Waals surface area contributed by atoms with Crippen molar-refractivity contribution in [3.05, 3.63) is 264 Å². The van der Waals surface area contributed by atoms with Crippen LogP contribution in [-0.2, 0) is 5.41 Å². The molecule has 0 radical (unpaired) electrons.